The van der Waals surface area contributed by atoms with E-state index in [1.54, 1.807) is 0 Å². The normalized spacial score (nSPS) is 26.1. The summed E-state index contributed by atoms with van der Waals surface area (Å²) in [6, 6.07) is 0.919. The average molecular weight is 281 g/mol. The van der Waals surface area contributed by atoms with Gasteiger partial charge in [-0.25, -0.2) is 0 Å². The predicted octanol–water partition coefficient (Wildman–Crippen LogP) is 1.88. The van der Waals surface area contributed by atoms with Crippen LogP contribution in [0.4, 0.5) is 0 Å². The third kappa shape index (κ3) is 3.95. The quantitative estimate of drug-likeness (QED) is 0.749. The van der Waals surface area contributed by atoms with Crippen molar-refractivity contribution in [3.05, 3.63) is 0 Å². The topological polar surface area (TPSA) is 58.4 Å². The molecule has 2 atom stereocenters. The Kier molecular flexibility index (Phi) is 5.08. The number of nitrogens with zero attached hydrogens (tertiary/aromatic N) is 1. The van der Waals surface area contributed by atoms with Gasteiger partial charge in [-0.1, -0.05) is 13.3 Å². The molecule has 1 saturated heterocycles. The summed E-state index contributed by atoms with van der Waals surface area (Å²) in [6.07, 6.45) is 7.06. The summed E-state index contributed by atoms with van der Waals surface area (Å²) in [5.41, 5.74) is 5.10. The fraction of sp³-hybridized carbons (Fsp3) is 0.938. The van der Waals surface area contributed by atoms with Gasteiger partial charge in [-0.05, 0) is 65.0 Å². The Hall–Kier alpha value is -0.610. The number of piperidine rings is 1. The lowest BCUT2D eigenvalue weighted by Gasteiger charge is -2.39. The van der Waals surface area contributed by atoms with Gasteiger partial charge in [-0.3, -0.25) is 4.79 Å². The van der Waals surface area contributed by atoms with Gasteiger partial charge in [0, 0.05) is 12.1 Å². The molecule has 1 aliphatic heterocycles. The maximum absolute atomic E-state index is 11.8. The predicted molar refractivity (Wildman–Crippen MR) is 82.4 cm³/mol. The van der Waals surface area contributed by atoms with E-state index in [2.05, 4.69) is 24.1 Å². The molecule has 0 bridgehead atoms. The largest absolute Gasteiger partial charge is 0.368 e. The van der Waals surface area contributed by atoms with Crippen LogP contribution in [0.5, 0.6) is 0 Å². The van der Waals surface area contributed by atoms with Crippen molar-refractivity contribution in [1.29, 1.82) is 0 Å². The number of likely N-dealkylation sites (tertiary alicyclic amines) is 1. The summed E-state index contributed by atoms with van der Waals surface area (Å²) in [6.45, 7) is 8.83. The molecule has 2 unspecified atom stereocenters. The average Bonchev–Trinajstić information content (AvgIpc) is 3.22. The molecule has 0 aromatic heterocycles. The zero-order valence-electron chi connectivity index (χ0n) is 13.3. The van der Waals surface area contributed by atoms with Gasteiger partial charge in [-0.2, -0.15) is 0 Å². The van der Waals surface area contributed by atoms with Gasteiger partial charge in [0.15, 0.2) is 0 Å². The summed E-state index contributed by atoms with van der Waals surface area (Å²) >= 11 is 0. The molecule has 2 rings (SSSR count). The first-order chi connectivity index (χ1) is 9.44. The van der Waals surface area contributed by atoms with Crippen LogP contribution >= 0.6 is 0 Å². The zero-order chi connectivity index (χ0) is 14.8. The minimum Gasteiger partial charge on any atom is -0.368 e. The molecule has 116 valence electrons. The van der Waals surface area contributed by atoms with Gasteiger partial charge in [0.25, 0.3) is 0 Å². The van der Waals surface area contributed by atoms with E-state index in [9.17, 15) is 4.79 Å². The van der Waals surface area contributed by atoms with Gasteiger partial charge in [0.1, 0.15) is 0 Å². The Morgan fingerprint density at radius 2 is 1.95 bits per heavy atom. The molecule has 1 heterocycles. The molecule has 2 aliphatic rings. The number of amides is 1. The van der Waals surface area contributed by atoms with Gasteiger partial charge in [0.05, 0.1) is 5.54 Å². The van der Waals surface area contributed by atoms with E-state index in [1.165, 1.54) is 32.1 Å². The Morgan fingerprint density at radius 1 is 1.35 bits per heavy atom. The highest BCUT2D eigenvalue weighted by Crippen LogP contribution is 2.27. The Bertz CT molecular complexity index is 335. The lowest BCUT2D eigenvalue weighted by molar-refractivity contribution is -0.124. The number of hydrogen-bond donors (Lipinski definition) is 2. The van der Waals surface area contributed by atoms with E-state index < -0.39 is 5.54 Å². The second kappa shape index (κ2) is 6.44. The summed E-state index contributed by atoms with van der Waals surface area (Å²) in [7, 11) is 0. The number of primary amides is 1. The molecule has 4 nitrogen and oxygen atoms in total. The second-order valence-electron chi connectivity index (χ2n) is 7.06. The first-order valence-corrected chi connectivity index (χ1v) is 8.26. The fourth-order valence-electron chi connectivity index (χ4n) is 3.43. The van der Waals surface area contributed by atoms with E-state index in [1.807, 2.05) is 6.92 Å². The molecule has 1 aliphatic carbocycles. The van der Waals surface area contributed by atoms with E-state index >= 15 is 0 Å². The van der Waals surface area contributed by atoms with Crippen molar-refractivity contribution in [3.8, 4) is 0 Å². The number of nitrogens with one attached hydrogen (secondary N) is 1. The third-order valence-corrected chi connectivity index (χ3v) is 5.20. The van der Waals surface area contributed by atoms with Crippen LogP contribution in [0.3, 0.4) is 0 Å². The van der Waals surface area contributed by atoms with Gasteiger partial charge >= 0.3 is 0 Å². The van der Waals surface area contributed by atoms with Crippen molar-refractivity contribution in [2.75, 3.05) is 13.1 Å². The molecular weight excluding hydrogens is 250 g/mol. The zero-order valence-corrected chi connectivity index (χ0v) is 13.3. The molecule has 2 fully saturated rings. The molecule has 0 aromatic rings. The number of nitrogens with two attached hydrogens (primary N) is 1. The lowest BCUT2D eigenvalue weighted by atomic mass is 9.89. The highest BCUT2D eigenvalue weighted by Gasteiger charge is 2.39. The van der Waals surface area contributed by atoms with Crippen LogP contribution in [-0.2, 0) is 4.79 Å². The van der Waals surface area contributed by atoms with Crippen molar-refractivity contribution in [2.24, 2.45) is 11.7 Å². The van der Waals surface area contributed by atoms with E-state index in [0.29, 0.717) is 12.1 Å². The van der Waals surface area contributed by atoms with Crippen LogP contribution in [0.2, 0.25) is 0 Å². The number of carbonyl (C=O) groups is 1. The molecule has 0 spiro atoms. The molecular formula is C16H31N3O. The van der Waals surface area contributed by atoms with Crippen LogP contribution < -0.4 is 11.1 Å². The number of hydrogen-bond acceptors (Lipinski definition) is 3. The third-order valence-electron chi connectivity index (χ3n) is 5.20. The maximum atomic E-state index is 11.8. The monoisotopic (exact) mass is 281 g/mol. The maximum Gasteiger partial charge on any atom is 0.237 e. The summed E-state index contributed by atoms with van der Waals surface area (Å²) in [4.78, 5) is 14.4. The second-order valence-corrected chi connectivity index (χ2v) is 7.06. The molecule has 0 radical (unpaired) electrons. The molecule has 20 heavy (non-hydrogen) atoms. The fourth-order valence-corrected chi connectivity index (χ4v) is 3.43. The Morgan fingerprint density at radius 3 is 2.40 bits per heavy atom. The van der Waals surface area contributed by atoms with E-state index in [4.69, 9.17) is 5.73 Å². The van der Waals surface area contributed by atoms with Crippen LogP contribution in [0.1, 0.15) is 59.3 Å². The van der Waals surface area contributed by atoms with Crippen molar-refractivity contribution in [3.63, 3.8) is 0 Å². The summed E-state index contributed by atoms with van der Waals surface area (Å²) < 4.78 is 0. The SMILES string of the molecule is CCC1CCN(C(C)CC(C)(NC2CC2)C(N)=O)CC1. The highest BCUT2D eigenvalue weighted by atomic mass is 16.1. The summed E-state index contributed by atoms with van der Waals surface area (Å²) in [5, 5.41) is 3.46. The van der Waals surface area contributed by atoms with Crippen molar-refractivity contribution in [1.82, 2.24) is 10.2 Å². The Balaban J connectivity index is 1.87. The van der Waals surface area contributed by atoms with Crippen LogP contribution in [0.25, 0.3) is 0 Å². The molecule has 1 amide bonds. The first kappa shape index (κ1) is 15.8. The van der Waals surface area contributed by atoms with Crippen molar-refractivity contribution >= 4 is 5.91 Å². The molecule has 3 N–H and O–H groups in total. The minimum absolute atomic E-state index is 0.209. The van der Waals surface area contributed by atoms with Gasteiger partial charge in [0.2, 0.25) is 5.91 Å². The number of carbonyl (C=O) groups excluding carboxylic acids is 1. The molecule has 4 heteroatoms. The van der Waals surface area contributed by atoms with Crippen LogP contribution in [0.15, 0.2) is 0 Å². The van der Waals surface area contributed by atoms with E-state index in [0.717, 1.165) is 25.4 Å². The molecule has 0 aromatic carbocycles. The molecule has 1 saturated carbocycles. The van der Waals surface area contributed by atoms with Crippen molar-refractivity contribution in [2.45, 2.75) is 76.9 Å². The van der Waals surface area contributed by atoms with Gasteiger partial charge in [-0.15, -0.1) is 0 Å². The Labute approximate surface area is 123 Å². The van der Waals surface area contributed by atoms with Crippen molar-refractivity contribution < 1.29 is 4.79 Å². The van der Waals surface area contributed by atoms with E-state index in [-0.39, 0.29) is 5.91 Å². The minimum atomic E-state index is -0.553. The number of rotatable bonds is 7. The van der Waals surface area contributed by atoms with Gasteiger partial charge < -0.3 is 16.0 Å². The standard InChI is InChI=1S/C16H31N3O/c1-4-13-7-9-19(10-8-13)12(2)11-16(3,15(17)20)18-14-5-6-14/h12-14,18H,4-11H2,1-3H3,(H2,17,20). The highest BCUT2D eigenvalue weighted by molar-refractivity contribution is 5.84. The lowest BCUT2D eigenvalue weighted by Crippen LogP contribution is -2.57. The first-order valence-electron chi connectivity index (χ1n) is 8.26. The smallest absolute Gasteiger partial charge is 0.237 e. The van der Waals surface area contributed by atoms with Crippen LogP contribution in [0, 0.1) is 5.92 Å². The van der Waals surface area contributed by atoms with Crippen LogP contribution in [-0.4, -0.2) is 41.5 Å². The summed E-state index contributed by atoms with van der Waals surface area (Å²) in [5.74, 6) is 0.685.